The highest BCUT2D eigenvalue weighted by atomic mass is 16.5. The van der Waals surface area contributed by atoms with Crippen LogP contribution in [0.1, 0.15) is 13.3 Å². The number of hydrogen-bond acceptors (Lipinski definition) is 5. The second kappa shape index (κ2) is 9.71. The van der Waals surface area contributed by atoms with Crippen molar-refractivity contribution in [2.75, 3.05) is 62.8 Å². The van der Waals surface area contributed by atoms with Crippen molar-refractivity contribution in [1.82, 2.24) is 0 Å². The third kappa shape index (κ3) is 4.97. The van der Waals surface area contributed by atoms with Crippen molar-refractivity contribution in [2.45, 2.75) is 13.3 Å². The number of quaternary nitrogens is 1. The highest BCUT2D eigenvalue weighted by molar-refractivity contribution is 5.91. The maximum Gasteiger partial charge on any atom is 0.279 e. The predicted molar refractivity (Wildman–Crippen MR) is 116 cm³/mol. The van der Waals surface area contributed by atoms with E-state index in [4.69, 9.17) is 14.2 Å². The molecule has 7 nitrogen and oxygen atoms in total. The third-order valence-electron chi connectivity index (χ3n) is 5.42. The molecule has 0 aliphatic carbocycles. The van der Waals surface area contributed by atoms with E-state index in [1.165, 1.54) is 4.90 Å². The first-order valence-corrected chi connectivity index (χ1v) is 10.7. The van der Waals surface area contributed by atoms with E-state index in [0.717, 1.165) is 55.5 Å². The molecule has 0 spiro atoms. The Kier molecular flexibility index (Phi) is 6.59. The fraction of sp³-hybridized carbons (Fsp3) is 0.435. The highest BCUT2D eigenvalue weighted by Gasteiger charge is 2.24. The number of para-hydroxylation sites is 2. The van der Waals surface area contributed by atoms with E-state index in [9.17, 15) is 4.79 Å². The molecular formula is C23H30N3O4+. The number of amides is 1. The summed E-state index contributed by atoms with van der Waals surface area (Å²) in [5, 5.41) is 3.00. The Labute approximate surface area is 177 Å². The van der Waals surface area contributed by atoms with E-state index in [0.29, 0.717) is 32.1 Å². The van der Waals surface area contributed by atoms with Gasteiger partial charge in [0, 0.05) is 18.2 Å². The van der Waals surface area contributed by atoms with Crippen molar-refractivity contribution in [2.24, 2.45) is 0 Å². The fourth-order valence-electron chi connectivity index (χ4n) is 3.91. The van der Waals surface area contributed by atoms with Gasteiger partial charge in [-0.1, -0.05) is 12.1 Å². The van der Waals surface area contributed by atoms with Crippen LogP contribution in [0.2, 0.25) is 0 Å². The maximum atomic E-state index is 12.6. The van der Waals surface area contributed by atoms with Crippen LogP contribution in [0, 0.1) is 0 Å². The van der Waals surface area contributed by atoms with Gasteiger partial charge in [-0.2, -0.15) is 0 Å². The first-order chi connectivity index (χ1) is 14.7. The topological polar surface area (TPSA) is 64.5 Å². The molecule has 0 atom stereocenters. The first-order valence-electron chi connectivity index (χ1n) is 10.7. The number of fused-ring (bicyclic) bond motifs is 1. The lowest BCUT2D eigenvalue weighted by molar-refractivity contribution is -0.892. The predicted octanol–water partition coefficient (Wildman–Crippen LogP) is 1.59. The number of piperazine rings is 1. The molecule has 4 rings (SSSR count). The Morgan fingerprint density at radius 2 is 1.87 bits per heavy atom. The Morgan fingerprint density at radius 3 is 2.67 bits per heavy atom. The van der Waals surface area contributed by atoms with Gasteiger partial charge in [-0.3, -0.25) is 4.79 Å². The molecule has 7 heteroatoms. The molecule has 0 radical (unpaired) electrons. The molecule has 0 unspecified atom stereocenters. The zero-order valence-corrected chi connectivity index (χ0v) is 17.5. The zero-order valence-electron chi connectivity index (χ0n) is 17.5. The Balaban J connectivity index is 1.29. The average molecular weight is 413 g/mol. The number of rotatable bonds is 6. The summed E-state index contributed by atoms with van der Waals surface area (Å²) in [7, 11) is 0. The highest BCUT2D eigenvalue weighted by Crippen LogP contribution is 2.32. The number of anilines is 2. The summed E-state index contributed by atoms with van der Waals surface area (Å²) in [5.41, 5.74) is 1.88. The lowest BCUT2D eigenvalue weighted by Gasteiger charge is -2.34. The molecule has 2 N–H and O–H groups in total. The van der Waals surface area contributed by atoms with Crippen LogP contribution in [-0.4, -0.2) is 58.5 Å². The molecule has 2 aromatic rings. The van der Waals surface area contributed by atoms with E-state index in [1.54, 1.807) is 0 Å². The van der Waals surface area contributed by atoms with E-state index in [-0.39, 0.29) is 5.91 Å². The van der Waals surface area contributed by atoms with Crippen molar-refractivity contribution >= 4 is 17.3 Å². The van der Waals surface area contributed by atoms with Gasteiger partial charge in [0.15, 0.2) is 18.0 Å². The number of ether oxygens (including phenoxy) is 3. The van der Waals surface area contributed by atoms with Gasteiger partial charge in [-0.05, 0) is 31.2 Å². The van der Waals surface area contributed by atoms with Gasteiger partial charge in [0.1, 0.15) is 5.75 Å². The standard InChI is InChI=1S/C23H29N3O4/c1-2-28-20-7-4-3-6-19(20)26-12-10-25(11-13-26)17-23(27)24-18-8-9-21-22(16-18)30-15-5-14-29-21/h3-4,6-9,16H,2,5,10-15,17H2,1H3,(H,24,27)/p+1. The number of carbonyl (C=O) groups excluding carboxylic acids is 1. The molecule has 2 aliphatic heterocycles. The summed E-state index contributed by atoms with van der Waals surface area (Å²) in [5.74, 6) is 2.37. The van der Waals surface area contributed by atoms with E-state index in [2.05, 4.69) is 16.3 Å². The monoisotopic (exact) mass is 412 g/mol. The van der Waals surface area contributed by atoms with Gasteiger partial charge in [-0.15, -0.1) is 0 Å². The summed E-state index contributed by atoms with van der Waals surface area (Å²) < 4.78 is 17.1. The lowest BCUT2D eigenvalue weighted by atomic mass is 10.2. The van der Waals surface area contributed by atoms with Crippen molar-refractivity contribution < 1.29 is 23.9 Å². The van der Waals surface area contributed by atoms with Crippen molar-refractivity contribution in [3.05, 3.63) is 42.5 Å². The summed E-state index contributed by atoms with van der Waals surface area (Å²) in [4.78, 5) is 16.2. The van der Waals surface area contributed by atoms with Crippen LogP contribution in [0.15, 0.2) is 42.5 Å². The Morgan fingerprint density at radius 1 is 1.10 bits per heavy atom. The maximum absolute atomic E-state index is 12.6. The Bertz CT molecular complexity index is 865. The normalized spacial score (nSPS) is 16.6. The van der Waals surface area contributed by atoms with Crippen molar-refractivity contribution in [3.8, 4) is 17.2 Å². The fourth-order valence-corrected chi connectivity index (χ4v) is 3.91. The van der Waals surface area contributed by atoms with Crippen LogP contribution in [0.4, 0.5) is 11.4 Å². The van der Waals surface area contributed by atoms with E-state index in [1.807, 2.05) is 43.3 Å². The summed E-state index contributed by atoms with van der Waals surface area (Å²) in [6, 6.07) is 13.7. The zero-order chi connectivity index (χ0) is 20.8. The van der Waals surface area contributed by atoms with Crippen LogP contribution >= 0.6 is 0 Å². The van der Waals surface area contributed by atoms with Crippen LogP contribution < -0.4 is 29.3 Å². The molecule has 0 saturated carbocycles. The largest absolute Gasteiger partial charge is 0.492 e. The second-order valence-corrected chi connectivity index (χ2v) is 7.57. The van der Waals surface area contributed by atoms with E-state index >= 15 is 0 Å². The third-order valence-corrected chi connectivity index (χ3v) is 5.42. The van der Waals surface area contributed by atoms with Gasteiger partial charge in [0.2, 0.25) is 0 Å². The molecule has 1 amide bonds. The molecule has 2 heterocycles. The number of hydrogen-bond donors (Lipinski definition) is 2. The molecule has 160 valence electrons. The van der Waals surface area contributed by atoms with Crippen molar-refractivity contribution in [1.29, 1.82) is 0 Å². The van der Waals surface area contributed by atoms with Gasteiger partial charge >= 0.3 is 0 Å². The number of carbonyl (C=O) groups is 1. The number of benzene rings is 2. The average Bonchev–Trinajstić information content (AvgIpc) is 3.00. The lowest BCUT2D eigenvalue weighted by Crippen LogP contribution is -3.15. The molecule has 2 aliphatic rings. The van der Waals surface area contributed by atoms with Crippen molar-refractivity contribution in [3.63, 3.8) is 0 Å². The van der Waals surface area contributed by atoms with Gasteiger partial charge in [0.05, 0.1) is 51.7 Å². The second-order valence-electron chi connectivity index (χ2n) is 7.57. The summed E-state index contributed by atoms with van der Waals surface area (Å²) in [6.07, 6.45) is 0.862. The summed E-state index contributed by atoms with van der Waals surface area (Å²) in [6.45, 7) is 8.02. The van der Waals surface area contributed by atoms with Gasteiger partial charge < -0.3 is 29.3 Å². The molecule has 30 heavy (non-hydrogen) atoms. The molecular weight excluding hydrogens is 382 g/mol. The van der Waals surface area contributed by atoms with Gasteiger partial charge in [0.25, 0.3) is 5.91 Å². The number of nitrogens with zero attached hydrogens (tertiary/aromatic N) is 1. The number of nitrogens with one attached hydrogen (secondary N) is 2. The van der Waals surface area contributed by atoms with Crippen LogP contribution in [0.5, 0.6) is 17.2 Å². The van der Waals surface area contributed by atoms with Gasteiger partial charge in [-0.25, -0.2) is 0 Å². The van der Waals surface area contributed by atoms with Crippen LogP contribution in [0.25, 0.3) is 0 Å². The molecule has 1 fully saturated rings. The Hall–Kier alpha value is -2.93. The van der Waals surface area contributed by atoms with E-state index < -0.39 is 0 Å². The smallest absolute Gasteiger partial charge is 0.279 e. The van der Waals surface area contributed by atoms with Crippen LogP contribution in [-0.2, 0) is 4.79 Å². The minimum absolute atomic E-state index is 0.0163. The first kappa shape index (κ1) is 20.3. The molecule has 0 aromatic heterocycles. The molecule has 2 aromatic carbocycles. The SMILES string of the molecule is CCOc1ccccc1N1CC[NH+](CC(=O)Nc2ccc3c(c2)OCCCO3)CC1. The minimum atomic E-state index is 0.0163. The minimum Gasteiger partial charge on any atom is -0.492 e. The molecule has 0 bridgehead atoms. The van der Waals surface area contributed by atoms with Crippen LogP contribution in [0.3, 0.4) is 0 Å². The molecule has 1 saturated heterocycles. The summed E-state index contributed by atoms with van der Waals surface area (Å²) >= 11 is 0. The quantitative estimate of drug-likeness (QED) is 0.755.